The molecule has 2 N–H and O–H groups in total. The summed E-state index contributed by atoms with van der Waals surface area (Å²) in [5.41, 5.74) is 0. The fourth-order valence-electron chi connectivity index (χ4n) is 2.06. The molecule has 1 rings (SSSR count). The van der Waals surface area contributed by atoms with E-state index in [0.717, 1.165) is 25.8 Å². The normalized spacial score (nSPS) is 12.4. The van der Waals surface area contributed by atoms with Gasteiger partial charge in [0.15, 0.2) is 5.96 Å². The second-order valence-corrected chi connectivity index (χ2v) is 6.22. The van der Waals surface area contributed by atoms with Gasteiger partial charge < -0.3 is 20.3 Å². The molecule has 26 heavy (non-hydrogen) atoms. The van der Waals surface area contributed by atoms with Gasteiger partial charge in [-0.1, -0.05) is 26.3 Å². The molecule has 0 aliphatic heterocycles. The summed E-state index contributed by atoms with van der Waals surface area (Å²) in [7, 11) is 3.41. The van der Waals surface area contributed by atoms with Gasteiger partial charge in [0.25, 0.3) is 0 Å². The van der Waals surface area contributed by atoms with Gasteiger partial charge in [0.2, 0.25) is 5.91 Å². The van der Waals surface area contributed by atoms with Crippen LogP contribution in [0.25, 0.3) is 0 Å². The Hall–Kier alpha value is -2.31. The van der Waals surface area contributed by atoms with Crippen molar-refractivity contribution < 1.29 is 13.9 Å². The number of hydrogen-bond donors (Lipinski definition) is 2. The summed E-state index contributed by atoms with van der Waals surface area (Å²) < 4.78 is 19.1. The van der Waals surface area contributed by atoms with Crippen molar-refractivity contribution in [3.05, 3.63) is 30.1 Å². The standard InChI is InChI=1S/C19H31FN4O2/c1-5-7-11-21-19(23-14-18(25)24(3)4)22-13-16(6-2)26-17-10-8-9-15(20)12-17/h8-10,12,16H,5-7,11,13-14H2,1-4H3,(H2,21,22,23). The Balaban J connectivity index is 2.62. The second-order valence-electron chi connectivity index (χ2n) is 6.22. The lowest BCUT2D eigenvalue weighted by atomic mass is 10.2. The lowest BCUT2D eigenvalue weighted by molar-refractivity contribution is -0.127. The van der Waals surface area contributed by atoms with Crippen molar-refractivity contribution >= 4 is 11.9 Å². The van der Waals surface area contributed by atoms with E-state index in [1.54, 1.807) is 26.2 Å². The summed E-state index contributed by atoms with van der Waals surface area (Å²) in [6, 6.07) is 6.11. The molecular weight excluding hydrogens is 335 g/mol. The number of unbranched alkanes of at least 4 members (excludes halogenated alkanes) is 1. The molecule has 1 aromatic rings. The van der Waals surface area contributed by atoms with Gasteiger partial charge in [-0.3, -0.25) is 4.79 Å². The summed E-state index contributed by atoms with van der Waals surface area (Å²) in [5.74, 6) is 0.689. The number of halogens is 1. The number of carbonyl (C=O) groups is 1. The maximum Gasteiger partial charge on any atom is 0.243 e. The zero-order valence-electron chi connectivity index (χ0n) is 16.2. The Kier molecular flexibility index (Phi) is 10.1. The van der Waals surface area contributed by atoms with Crippen molar-refractivity contribution in [1.82, 2.24) is 15.5 Å². The van der Waals surface area contributed by atoms with Crippen molar-refractivity contribution in [2.24, 2.45) is 4.99 Å². The summed E-state index contributed by atoms with van der Waals surface area (Å²) in [6.45, 7) is 5.47. The lowest BCUT2D eigenvalue weighted by Gasteiger charge is -2.20. The molecule has 0 spiro atoms. The summed E-state index contributed by atoms with van der Waals surface area (Å²) >= 11 is 0. The molecule has 7 heteroatoms. The van der Waals surface area contributed by atoms with Crippen molar-refractivity contribution in [3.8, 4) is 5.75 Å². The first-order valence-corrected chi connectivity index (χ1v) is 9.10. The predicted molar refractivity (Wildman–Crippen MR) is 103 cm³/mol. The molecule has 0 radical (unpaired) electrons. The number of likely N-dealkylation sites (N-methyl/N-ethyl adjacent to an activating group) is 1. The minimum atomic E-state index is -0.323. The number of ether oxygens (including phenoxy) is 1. The number of amides is 1. The highest BCUT2D eigenvalue weighted by atomic mass is 19.1. The zero-order chi connectivity index (χ0) is 19.4. The molecule has 1 atom stereocenters. The van der Waals surface area contributed by atoms with E-state index >= 15 is 0 Å². The van der Waals surface area contributed by atoms with Gasteiger partial charge in [-0.05, 0) is 25.0 Å². The van der Waals surface area contributed by atoms with Gasteiger partial charge in [-0.2, -0.15) is 0 Å². The van der Waals surface area contributed by atoms with Crippen LogP contribution in [0.5, 0.6) is 5.75 Å². The molecule has 1 aromatic carbocycles. The van der Waals surface area contributed by atoms with E-state index in [1.807, 2.05) is 6.92 Å². The molecule has 0 aliphatic rings. The number of benzene rings is 1. The van der Waals surface area contributed by atoms with Crippen molar-refractivity contribution in [3.63, 3.8) is 0 Å². The largest absolute Gasteiger partial charge is 0.489 e. The molecule has 0 saturated heterocycles. The highest BCUT2D eigenvalue weighted by molar-refractivity contribution is 5.84. The molecule has 0 heterocycles. The van der Waals surface area contributed by atoms with Crippen LogP contribution in [0.4, 0.5) is 4.39 Å². The Bertz CT molecular complexity index is 578. The fraction of sp³-hybridized carbons (Fsp3) is 0.579. The van der Waals surface area contributed by atoms with E-state index in [4.69, 9.17) is 4.74 Å². The van der Waals surface area contributed by atoms with Gasteiger partial charge >= 0.3 is 0 Å². The third-order valence-electron chi connectivity index (χ3n) is 3.75. The molecule has 0 bridgehead atoms. The Morgan fingerprint density at radius 1 is 1.31 bits per heavy atom. The SMILES string of the molecule is CCCCNC(=NCC(=O)N(C)C)NCC(CC)Oc1cccc(F)c1. The predicted octanol–water partition coefficient (Wildman–Crippen LogP) is 2.41. The molecule has 1 unspecified atom stereocenters. The van der Waals surface area contributed by atoms with Crippen LogP contribution >= 0.6 is 0 Å². The molecule has 6 nitrogen and oxygen atoms in total. The average Bonchev–Trinajstić information content (AvgIpc) is 2.62. The summed E-state index contributed by atoms with van der Waals surface area (Å²) in [4.78, 5) is 17.6. The van der Waals surface area contributed by atoms with Crippen LogP contribution in [-0.4, -0.2) is 56.6 Å². The molecular formula is C19H31FN4O2. The molecule has 0 saturated carbocycles. The first-order valence-electron chi connectivity index (χ1n) is 9.10. The summed E-state index contributed by atoms with van der Waals surface area (Å²) in [6.07, 6.45) is 2.69. The smallest absolute Gasteiger partial charge is 0.243 e. The maximum atomic E-state index is 13.3. The number of hydrogen-bond acceptors (Lipinski definition) is 3. The van der Waals surface area contributed by atoms with Crippen LogP contribution in [0.1, 0.15) is 33.1 Å². The van der Waals surface area contributed by atoms with E-state index in [2.05, 4.69) is 22.5 Å². The highest BCUT2D eigenvalue weighted by Gasteiger charge is 2.11. The summed E-state index contributed by atoms with van der Waals surface area (Å²) in [5, 5.41) is 6.43. The lowest BCUT2D eigenvalue weighted by Crippen LogP contribution is -2.43. The van der Waals surface area contributed by atoms with Crippen LogP contribution in [0.15, 0.2) is 29.3 Å². The zero-order valence-corrected chi connectivity index (χ0v) is 16.2. The number of rotatable bonds is 10. The number of guanidine groups is 1. The van der Waals surface area contributed by atoms with Crippen LogP contribution in [0, 0.1) is 5.82 Å². The fourth-order valence-corrected chi connectivity index (χ4v) is 2.06. The van der Waals surface area contributed by atoms with Gasteiger partial charge in [0.05, 0.1) is 6.54 Å². The second kappa shape index (κ2) is 12.1. The Labute approximate surface area is 155 Å². The van der Waals surface area contributed by atoms with Crippen LogP contribution in [0.3, 0.4) is 0 Å². The first kappa shape index (κ1) is 21.7. The first-order chi connectivity index (χ1) is 12.5. The van der Waals surface area contributed by atoms with E-state index in [1.165, 1.54) is 17.0 Å². The molecule has 0 fully saturated rings. The number of nitrogens with zero attached hydrogens (tertiary/aromatic N) is 2. The van der Waals surface area contributed by atoms with Crippen molar-refractivity contribution in [1.29, 1.82) is 0 Å². The third kappa shape index (κ3) is 8.69. The average molecular weight is 366 g/mol. The molecule has 146 valence electrons. The minimum absolute atomic E-state index is 0.0651. The van der Waals surface area contributed by atoms with Crippen molar-refractivity contribution in [2.45, 2.75) is 39.2 Å². The van der Waals surface area contributed by atoms with Gasteiger partial charge in [-0.15, -0.1) is 0 Å². The highest BCUT2D eigenvalue weighted by Crippen LogP contribution is 2.14. The van der Waals surface area contributed by atoms with E-state index in [-0.39, 0.29) is 24.4 Å². The van der Waals surface area contributed by atoms with Crippen LogP contribution in [0.2, 0.25) is 0 Å². The maximum absolute atomic E-state index is 13.3. The molecule has 1 amide bonds. The Morgan fingerprint density at radius 3 is 2.69 bits per heavy atom. The van der Waals surface area contributed by atoms with Gasteiger partial charge in [0.1, 0.15) is 24.2 Å². The van der Waals surface area contributed by atoms with E-state index < -0.39 is 0 Å². The Morgan fingerprint density at radius 2 is 2.08 bits per heavy atom. The van der Waals surface area contributed by atoms with Gasteiger partial charge in [0, 0.05) is 26.7 Å². The number of carbonyl (C=O) groups excluding carboxylic acids is 1. The number of aliphatic imine (C=N–C) groups is 1. The quantitative estimate of drug-likeness (QED) is 0.379. The molecule has 0 aliphatic carbocycles. The third-order valence-corrected chi connectivity index (χ3v) is 3.75. The van der Waals surface area contributed by atoms with Crippen LogP contribution in [-0.2, 0) is 4.79 Å². The topological polar surface area (TPSA) is 66.0 Å². The van der Waals surface area contributed by atoms with Gasteiger partial charge in [-0.25, -0.2) is 9.38 Å². The number of nitrogens with one attached hydrogen (secondary N) is 2. The van der Waals surface area contributed by atoms with Crippen LogP contribution < -0.4 is 15.4 Å². The molecule has 0 aromatic heterocycles. The monoisotopic (exact) mass is 366 g/mol. The van der Waals surface area contributed by atoms with E-state index in [0.29, 0.717) is 18.3 Å². The minimum Gasteiger partial charge on any atom is -0.489 e. The van der Waals surface area contributed by atoms with E-state index in [9.17, 15) is 9.18 Å². The van der Waals surface area contributed by atoms with Crippen molar-refractivity contribution in [2.75, 3.05) is 33.7 Å².